The molecule has 0 spiro atoms. The minimum atomic E-state index is -0.875. The molecule has 0 fully saturated rings. The van der Waals surface area contributed by atoms with Crippen molar-refractivity contribution in [1.29, 1.82) is 0 Å². The molecule has 2 amide bonds. The van der Waals surface area contributed by atoms with Gasteiger partial charge in [-0.25, -0.2) is 0 Å². The molecule has 0 aliphatic rings. The molecule has 1 aromatic rings. The predicted octanol–water partition coefficient (Wildman–Crippen LogP) is 0.610. The molecule has 4 N–H and O–H groups in total. The highest BCUT2D eigenvalue weighted by atomic mass is 79.9. The number of benzene rings is 1. The third-order valence-electron chi connectivity index (χ3n) is 2.42. The fourth-order valence-corrected chi connectivity index (χ4v) is 2.02. The third-order valence-corrected chi connectivity index (χ3v) is 2.92. The predicted molar refractivity (Wildman–Crippen MR) is 72.4 cm³/mol. The van der Waals surface area contributed by atoms with E-state index in [0.717, 1.165) is 10.0 Å². The Labute approximate surface area is 114 Å². The van der Waals surface area contributed by atoms with Crippen molar-refractivity contribution in [3.8, 4) is 0 Å². The Morgan fingerprint density at radius 2 is 2.11 bits per heavy atom. The molecule has 0 bridgehead atoms. The molecular formula is C12H16BrN3O2. The van der Waals surface area contributed by atoms with Crippen molar-refractivity contribution in [3.63, 3.8) is 0 Å². The van der Waals surface area contributed by atoms with Gasteiger partial charge in [0.1, 0.15) is 0 Å². The zero-order valence-corrected chi connectivity index (χ0v) is 11.7. The molecule has 0 heterocycles. The minimum absolute atomic E-state index is 0.137. The molecule has 0 aliphatic carbocycles. The summed E-state index contributed by atoms with van der Waals surface area (Å²) in [5.74, 6) is -0.875. The van der Waals surface area contributed by atoms with Crippen molar-refractivity contribution in [1.82, 2.24) is 4.90 Å². The number of carbonyl (C=O) groups excluding carboxylic acids is 2. The van der Waals surface area contributed by atoms with Crippen LogP contribution in [-0.2, 0) is 16.1 Å². The fraction of sp³-hybridized carbons (Fsp3) is 0.333. The summed E-state index contributed by atoms with van der Waals surface area (Å²) >= 11 is 3.36. The molecule has 0 saturated carbocycles. The zero-order chi connectivity index (χ0) is 13.7. The Balaban J connectivity index is 2.62. The molecule has 98 valence electrons. The van der Waals surface area contributed by atoms with Crippen molar-refractivity contribution in [2.24, 2.45) is 11.5 Å². The van der Waals surface area contributed by atoms with Gasteiger partial charge in [0.25, 0.3) is 0 Å². The van der Waals surface area contributed by atoms with E-state index in [-0.39, 0.29) is 12.3 Å². The molecular weight excluding hydrogens is 298 g/mol. The van der Waals surface area contributed by atoms with Gasteiger partial charge in [0, 0.05) is 18.1 Å². The molecule has 1 unspecified atom stereocenters. The van der Waals surface area contributed by atoms with Crippen LogP contribution in [0.25, 0.3) is 0 Å². The summed E-state index contributed by atoms with van der Waals surface area (Å²) in [4.78, 5) is 24.0. The van der Waals surface area contributed by atoms with Crippen LogP contribution in [0.5, 0.6) is 0 Å². The summed E-state index contributed by atoms with van der Waals surface area (Å²) in [6.07, 6.45) is -0.137. The lowest BCUT2D eigenvalue weighted by Gasteiger charge is -2.20. The van der Waals surface area contributed by atoms with Crippen LogP contribution in [0.4, 0.5) is 0 Å². The van der Waals surface area contributed by atoms with E-state index in [1.54, 1.807) is 7.05 Å². The number of amides is 2. The average molecular weight is 314 g/mol. The number of rotatable bonds is 5. The van der Waals surface area contributed by atoms with Gasteiger partial charge in [-0.3, -0.25) is 9.59 Å². The van der Waals surface area contributed by atoms with Crippen LogP contribution in [0.15, 0.2) is 28.7 Å². The van der Waals surface area contributed by atoms with Crippen LogP contribution < -0.4 is 11.5 Å². The molecule has 0 radical (unpaired) electrons. The normalized spacial score (nSPS) is 11.9. The van der Waals surface area contributed by atoms with Gasteiger partial charge in [-0.2, -0.15) is 0 Å². The topological polar surface area (TPSA) is 89.4 Å². The van der Waals surface area contributed by atoms with E-state index in [4.69, 9.17) is 11.5 Å². The van der Waals surface area contributed by atoms with Gasteiger partial charge in [-0.15, -0.1) is 0 Å². The first-order valence-corrected chi connectivity index (χ1v) is 6.22. The molecule has 1 aromatic carbocycles. The lowest BCUT2D eigenvalue weighted by atomic mass is 10.1. The van der Waals surface area contributed by atoms with Crippen molar-refractivity contribution in [2.75, 3.05) is 7.05 Å². The number of likely N-dealkylation sites (N-methyl/N-ethyl adjacent to an activating group) is 1. The Kier molecular flexibility index (Phi) is 5.30. The summed E-state index contributed by atoms with van der Waals surface area (Å²) in [6, 6.07) is 6.75. The second-order valence-corrected chi connectivity index (χ2v) is 5.02. The maximum atomic E-state index is 11.8. The molecule has 1 atom stereocenters. The number of primary amides is 1. The minimum Gasteiger partial charge on any atom is -0.370 e. The van der Waals surface area contributed by atoms with Gasteiger partial charge in [-0.05, 0) is 17.7 Å². The van der Waals surface area contributed by atoms with Crippen LogP contribution in [0.2, 0.25) is 0 Å². The standard InChI is InChI=1S/C12H16BrN3O2/c1-16(12(18)10(14)6-11(15)17)7-8-3-2-4-9(13)5-8/h2-5,10H,6-7,14H2,1H3,(H2,15,17). The molecule has 0 aliphatic heterocycles. The first-order chi connectivity index (χ1) is 8.40. The summed E-state index contributed by atoms with van der Waals surface area (Å²) in [5.41, 5.74) is 11.6. The van der Waals surface area contributed by atoms with E-state index >= 15 is 0 Å². The first-order valence-electron chi connectivity index (χ1n) is 5.43. The third kappa shape index (κ3) is 4.46. The van der Waals surface area contributed by atoms with Crippen LogP contribution in [0, 0.1) is 0 Å². The van der Waals surface area contributed by atoms with E-state index in [0.29, 0.717) is 6.54 Å². The second kappa shape index (κ2) is 6.51. The number of nitrogens with zero attached hydrogens (tertiary/aromatic N) is 1. The van der Waals surface area contributed by atoms with Crippen LogP contribution in [-0.4, -0.2) is 29.8 Å². The summed E-state index contributed by atoms with van der Waals surface area (Å²) in [6.45, 7) is 0.435. The van der Waals surface area contributed by atoms with E-state index in [9.17, 15) is 9.59 Å². The highest BCUT2D eigenvalue weighted by Gasteiger charge is 2.19. The fourth-order valence-electron chi connectivity index (χ4n) is 1.57. The monoisotopic (exact) mass is 313 g/mol. The Morgan fingerprint density at radius 3 is 2.67 bits per heavy atom. The van der Waals surface area contributed by atoms with E-state index < -0.39 is 11.9 Å². The lowest BCUT2D eigenvalue weighted by Crippen LogP contribution is -2.43. The van der Waals surface area contributed by atoms with Gasteiger partial charge in [0.05, 0.1) is 12.5 Å². The summed E-state index contributed by atoms with van der Waals surface area (Å²) < 4.78 is 0.947. The SMILES string of the molecule is CN(Cc1cccc(Br)c1)C(=O)C(N)CC(N)=O. The smallest absolute Gasteiger partial charge is 0.240 e. The largest absolute Gasteiger partial charge is 0.370 e. The Bertz CT molecular complexity index is 451. The summed E-state index contributed by atoms with van der Waals surface area (Å²) in [5, 5.41) is 0. The number of carbonyl (C=O) groups is 2. The van der Waals surface area contributed by atoms with E-state index in [2.05, 4.69) is 15.9 Å². The molecule has 5 nitrogen and oxygen atoms in total. The highest BCUT2D eigenvalue weighted by molar-refractivity contribution is 9.10. The quantitative estimate of drug-likeness (QED) is 0.834. The van der Waals surface area contributed by atoms with Gasteiger partial charge in [0.15, 0.2) is 0 Å². The van der Waals surface area contributed by atoms with Crippen LogP contribution >= 0.6 is 15.9 Å². The van der Waals surface area contributed by atoms with Gasteiger partial charge in [0.2, 0.25) is 11.8 Å². The average Bonchev–Trinajstić information content (AvgIpc) is 2.27. The number of halogens is 1. The van der Waals surface area contributed by atoms with E-state index in [1.807, 2.05) is 24.3 Å². The Morgan fingerprint density at radius 1 is 1.44 bits per heavy atom. The van der Waals surface area contributed by atoms with Crippen molar-refractivity contribution >= 4 is 27.7 Å². The van der Waals surface area contributed by atoms with Gasteiger partial charge >= 0.3 is 0 Å². The summed E-state index contributed by atoms with van der Waals surface area (Å²) in [7, 11) is 1.64. The van der Waals surface area contributed by atoms with Crippen LogP contribution in [0.3, 0.4) is 0 Å². The number of hydrogen-bond acceptors (Lipinski definition) is 3. The molecule has 0 saturated heterocycles. The van der Waals surface area contributed by atoms with Crippen molar-refractivity contribution in [2.45, 2.75) is 19.0 Å². The maximum absolute atomic E-state index is 11.8. The Hall–Kier alpha value is -1.40. The number of hydrogen-bond donors (Lipinski definition) is 2. The molecule has 1 rings (SSSR count). The molecule has 0 aromatic heterocycles. The maximum Gasteiger partial charge on any atom is 0.240 e. The van der Waals surface area contributed by atoms with Gasteiger partial charge in [-0.1, -0.05) is 28.1 Å². The second-order valence-electron chi connectivity index (χ2n) is 4.10. The number of nitrogens with two attached hydrogens (primary N) is 2. The first kappa shape index (κ1) is 14.7. The molecule has 6 heteroatoms. The lowest BCUT2D eigenvalue weighted by molar-refractivity contribution is -0.133. The molecule has 18 heavy (non-hydrogen) atoms. The van der Waals surface area contributed by atoms with Crippen molar-refractivity contribution < 1.29 is 9.59 Å². The van der Waals surface area contributed by atoms with Crippen molar-refractivity contribution in [3.05, 3.63) is 34.3 Å². The highest BCUT2D eigenvalue weighted by Crippen LogP contribution is 2.13. The van der Waals surface area contributed by atoms with Crippen LogP contribution in [0.1, 0.15) is 12.0 Å². The van der Waals surface area contributed by atoms with Gasteiger partial charge < -0.3 is 16.4 Å². The van der Waals surface area contributed by atoms with E-state index in [1.165, 1.54) is 4.90 Å². The zero-order valence-electron chi connectivity index (χ0n) is 10.1.